The maximum absolute atomic E-state index is 13.2. The highest BCUT2D eigenvalue weighted by atomic mass is 32.2. The van der Waals surface area contributed by atoms with Gasteiger partial charge in [-0.2, -0.15) is 9.57 Å². The predicted octanol–water partition coefficient (Wildman–Crippen LogP) is 2.21. The van der Waals surface area contributed by atoms with Crippen LogP contribution in [0.5, 0.6) is 0 Å². The van der Waals surface area contributed by atoms with Crippen molar-refractivity contribution in [2.45, 2.75) is 17.4 Å². The van der Waals surface area contributed by atoms with E-state index in [0.717, 1.165) is 33.5 Å². The summed E-state index contributed by atoms with van der Waals surface area (Å²) in [7, 11) is -4.18. The van der Waals surface area contributed by atoms with Gasteiger partial charge < -0.3 is 0 Å². The van der Waals surface area contributed by atoms with Gasteiger partial charge in [0.05, 0.1) is 28.6 Å². The van der Waals surface area contributed by atoms with E-state index < -0.39 is 33.7 Å². The van der Waals surface area contributed by atoms with E-state index in [4.69, 9.17) is 5.26 Å². The Bertz CT molecular complexity index is 1110. The summed E-state index contributed by atoms with van der Waals surface area (Å²) in [5.74, 6) is -1.86. The Morgan fingerprint density at radius 3 is 2.34 bits per heavy atom. The molecule has 1 unspecified atom stereocenters. The van der Waals surface area contributed by atoms with Crippen molar-refractivity contribution in [2.24, 2.45) is 0 Å². The number of sulfonamides is 1. The third-order valence-corrected chi connectivity index (χ3v) is 6.34. The molecule has 2 aromatic carbocycles. The van der Waals surface area contributed by atoms with Crippen molar-refractivity contribution in [2.75, 3.05) is 11.4 Å². The van der Waals surface area contributed by atoms with Crippen LogP contribution in [-0.2, 0) is 19.6 Å². The molecule has 0 radical (unpaired) electrons. The summed E-state index contributed by atoms with van der Waals surface area (Å²) in [5, 5.41) is 8.88. The number of nitrogens with zero attached hydrogens (tertiary/aromatic N) is 3. The number of imide groups is 1. The van der Waals surface area contributed by atoms with Gasteiger partial charge in [-0.1, -0.05) is 6.08 Å². The van der Waals surface area contributed by atoms with Gasteiger partial charge >= 0.3 is 0 Å². The van der Waals surface area contributed by atoms with Gasteiger partial charge in [-0.05, 0) is 48.5 Å². The third-order valence-electron chi connectivity index (χ3n) is 4.45. The quantitative estimate of drug-likeness (QED) is 0.534. The molecule has 3 rings (SSSR count). The van der Waals surface area contributed by atoms with Gasteiger partial charge in [0.1, 0.15) is 11.9 Å². The Hall–Kier alpha value is -3.35. The number of carbonyl (C=O) groups excluding carboxylic acids is 2. The molecule has 1 aliphatic rings. The fourth-order valence-corrected chi connectivity index (χ4v) is 4.61. The zero-order valence-electron chi connectivity index (χ0n) is 15.2. The third kappa shape index (κ3) is 3.81. The lowest BCUT2D eigenvalue weighted by atomic mass is 10.2. The average molecular weight is 413 g/mol. The molecule has 2 aromatic rings. The highest BCUT2D eigenvalue weighted by Gasteiger charge is 2.46. The second kappa shape index (κ2) is 7.95. The summed E-state index contributed by atoms with van der Waals surface area (Å²) in [4.78, 5) is 26.2. The molecule has 2 amide bonds. The fraction of sp³-hybridized carbons (Fsp3) is 0.150. The Morgan fingerprint density at radius 2 is 1.79 bits per heavy atom. The number of halogens is 1. The fourth-order valence-electron chi connectivity index (χ4n) is 3.06. The van der Waals surface area contributed by atoms with Crippen LogP contribution in [0.4, 0.5) is 10.1 Å². The van der Waals surface area contributed by atoms with Gasteiger partial charge in [0.15, 0.2) is 0 Å². The van der Waals surface area contributed by atoms with Crippen molar-refractivity contribution in [1.29, 1.82) is 5.26 Å². The normalized spacial score (nSPS) is 16.9. The van der Waals surface area contributed by atoms with Crippen LogP contribution in [0, 0.1) is 17.1 Å². The standard InChI is InChI=1S/C20H16FN3O4S/c1-2-11-23(29(27,28)17-9-5-15(21)6-10-17)18-12-19(25)24(20(18)26)16-7-3-14(13-22)4-8-16/h2-10,18H,1,11-12H2. The van der Waals surface area contributed by atoms with Crippen LogP contribution in [0.25, 0.3) is 0 Å². The monoisotopic (exact) mass is 413 g/mol. The first-order valence-electron chi connectivity index (χ1n) is 8.55. The minimum Gasteiger partial charge on any atom is -0.274 e. The Kier molecular flexibility index (Phi) is 5.59. The first-order chi connectivity index (χ1) is 13.8. The number of hydrogen-bond acceptors (Lipinski definition) is 5. The molecule has 1 heterocycles. The van der Waals surface area contributed by atoms with Crippen molar-refractivity contribution in [3.8, 4) is 6.07 Å². The second-order valence-electron chi connectivity index (χ2n) is 6.26. The number of carbonyl (C=O) groups is 2. The first kappa shape index (κ1) is 20.4. The second-order valence-corrected chi connectivity index (χ2v) is 8.15. The zero-order chi connectivity index (χ0) is 21.2. The van der Waals surface area contributed by atoms with Gasteiger partial charge in [-0.15, -0.1) is 6.58 Å². The van der Waals surface area contributed by atoms with Gasteiger partial charge in [0.2, 0.25) is 15.9 Å². The molecular formula is C20H16FN3O4S. The van der Waals surface area contributed by atoms with E-state index in [1.807, 2.05) is 6.07 Å². The molecule has 148 valence electrons. The minimum absolute atomic E-state index is 0.196. The smallest absolute Gasteiger partial charge is 0.252 e. The van der Waals surface area contributed by atoms with Gasteiger partial charge in [-0.25, -0.2) is 17.7 Å². The van der Waals surface area contributed by atoms with Crippen molar-refractivity contribution in [3.63, 3.8) is 0 Å². The van der Waals surface area contributed by atoms with Gasteiger partial charge in [0, 0.05) is 6.54 Å². The van der Waals surface area contributed by atoms with E-state index in [1.54, 1.807) is 0 Å². The van der Waals surface area contributed by atoms with Crippen molar-refractivity contribution in [1.82, 2.24) is 4.31 Å². The molecule has 0 spiro atoms. The molecule has 0 saturated carbocycles. The maximum Gasteiger partial charge on any atom is 0.252 e. The molecule has 29 heavy (non-hydrogen) atoms. The number of rotatable bonds is 6. The lowest BCUT2D eigenvalue weighted by Gasteiger charge is -2.25. The first-order valence-corrected chi connectivity index (χ1v) is 9.99. The van der Waals surface area contributed by atoms with Crippen LogP contribution in [-0.4, -0.2) is 37.1 Å². The molecule has 1 atom stereocenters. The van der Waals surface area contributed by atoms with E-state index in [2.05, 4.69) is 6.58 Å². The maximum atomic E-state index is 13.2. The molecular weight excluding hydrogens is 397 g/mol. The Labute approximate surface area is 167 Å². The summed E-state index contributed by atoms with van der Waals surface area (Å²) in [5.41, 5.74) is 0.607. The van der Waals surface area contributed by atoms with Crippen molar-refractivity contribution in [3.05, 3.63) is 72.6 Å². The van der Waals surface area contributed by atoms with Crippen LogP contribution in [0.1, 0.15) is 12.0 Å². The van der Waals surface area contributed by atoms with E-state index in [9.17, 15) is 22.4 Å². The van der Waals surface area contributed by atoms with E-state index in [-0.39, 0.29) is 23.5 Å². The molecule has 0 N–H and O–H groups in total. The highest BCUT2D eigenvalue weighted by Crippen LogP contribution is 2.29. The number of amides is 2. The molecule has 9 heteroatoms. The summed E-state index contributed by atoms with van der Waals surface area (Å²) in [6, 6.07) is 10.7. The average Bonchev–Trinajstić information content (AvgIpc) is 3.00. The van der Waals surface area contributed by atoms with E-state index in [1.165, 1.54) is 30.3 Å². The summed E-state index contributed by atoms with van der Waals surface area (Å²) < 4.78 is 40.1. The number of benzene rings is 2. The van der Waals surface area contributed by atoms with Gasteiger partial charge in [-0.3, -0.25) is 9.59 Å². The van der Waals surface area contributed by atoms with E-state index >= 15 is 0 Å². The molecule has 7 nitrogen and oxygen atoms in total. The predicted molar refractivity (Wildman–Crippen MR) is 103 cm³/mol. The number of nitriles is 1. The lowest BCUT2D eigenvalue weighted by Crippen LogP contribution is -2.45. The Balaban J connectivity index is 1.97. The summed E-state index contributed by atoms with van der Waals surface area (Å²) in [6.45, 7) is 3.32. The SMILES string of the molecule is C=CCN(C1CC(=O)N(c2ccc(C#N)cc2)C1=O)S(=O)(=O)c1ccc(F)cc1. The molecule has 1 saturated heterocycles. The molecule has 0 aromatic heterocycles. The topological polar surface area (TPSA) is 98.5 Å². The van der Waals surface area contributed by atoms with Gasteiger partial charge in [0.25, 0.3) is 5.91 Å². The summed E-state index contributed by atoms with van der Waals surface area (Å²) >= 11 is 0. The van der Waals surface area contributed by atoms with Crippen LogP contribution < -0.4 is 4.90 Å². The van der Waals surface area contributed by atoms with Crippen LogP contribution in [0.15, 0.2) is 66.1 Å². The van der Waals surface area contributed by atoms with Crippen LogP contribution >= 0.6 is 0 Å². The van der Waals surface area contributed by atoms with E-state index in [0.29, 0.717) is 5.56 Å². The molecule has 1 aliphatic heterocycles. The van der Waals surface area contributed by atoms with Crippen molar-refractivity contribution >= 4 is 27.5 Å². The minimum atomic E-state index is -4.18. The molecule has 0 bridgehead atoms. The molecule has 0 aliphatic carbocycles. The lowest BCUT2D eigenvalue weighted by molar-refractivity contribution is -0.122. The van der Waals surface area contributed by atoms with Crippen LogP contribution in [0.2, 0.25) is 0 Å². The number of anilines is 1. The van der Waals surface area contributed by atoms with Crippen molar-refractivity contribution < 1.29 is 22.4 Å². The number of hydrogen-bond donors (Lipinski definition) is 0. The largest absolute Gasteiger partial charge is 0.274 e. The zero-order valence-corrected chi connectivity index (χ0v) is 16.0. The van der Waals surface area contributed by atoms with Crippen LogP contribution in [0.3, 0.4) is 0 Å². The summed E-state index contributed by atoms with van der Waals surface area (Å²) in [6.07, 6.45) is 0.969. The Morgan fingerprint density at radius 1 is 1.17 bits per heavy atom. The highest BCUT2D eigenvalue weighted by molar-refractivity contribution is 7.89. The molecule has 1 fully saturated rings.